The summed E-state index contributed by atoms with van der Waals surface area (Å²) >= 11 is 0. The summed E-state index contributed by atoms with van der Waals surface area (Å²) in [5.74, 6) is 0.526. The quantitative estimate of drug-likeness (QED) is 0.523. The lowest BCUT2D eigenvalue weighted by Gasteiger charge is -2.04. The number of aldehydes is 2. The molecular formula is C11H10O3. The fourth-order valence-corrected chi connectivity index (χ4v) is 0.958. The smallest absolute Gasteiger partial charge is 0.153 e. The molecular weight excluding hydrogens is 180 g/mol. The van der Waals surface area contributed by atoms with Gasteiger partial charge in [-0.05, 0) is 24.3 Å². The molecule has 0 heterocycles. The first-order chi connectivity index (χ1) is 6.88. The molecule has 0 aliphatic rings. The zero-order valence-electron chi connectivity index (χ0n) is 7.55. The van der Waals surface area contributed by atoms with Gasteiger partial charge in [0.15, 0.2) is 6.29 Å². The van der Waals surface area contributed by atoms with Crippen LogP contribution in [0.1, 0.15) is 10.4 Å². The van der Waals surface area contributed by atoms with Crippen LogP contribution in [0.2, 0.25) is 0 Å². The molecule has 0 radical (unpaired) electrons. The summed E-state index contributed by atoms with van der Waals surface area (Å²) in [7, 11) is 0. The predicted molar refractivity (Wildman–Crippen MR) is 52.5 cm³/mol. The van der Waals surface area contributed by atoms with E-state index in [1.807, 2.05) is 0 Å². The molecule has 1 aromatic rings. The van der Waals surface area contributed by atoms with Crippen LogP contribution in [0.4, 0.5) is 0 Å². The van der Waals surface area contributed by atoms with Gasteiger partial charge in [0.2, 0.25) is 0 Å². The highest BCUT2D eigenvalue weighted by atomic mass is 16.5. The van der Waals surface area contributed by atoms with Crippen LogP contribution < -0.4 is 4.74 Å². The van der Waals surface area contributed by atoms with E-state index in [4.69, 9.17) is 4.74 Å². The lowest BCUT2D eigenvalue weighted by atomic mass is 10.2. The minimum absolute atomic E-state index is 0.281. The van der Waals surface area contributed by atoms with E-state index in [1.54, 1.807) is 30.3 Å². The number of hydrogen-bond donors (Lipinski definition) is 0. The van der Waals surface area contributed by atoms with Crippen molar-refractivity contribution in [3.8, 4) is 5.75 Å². The molecule has 3 heteroatoms. The molecule has 0 aliphatic carbocycles. The maximum atomic E-state index is 10.6. The fourth-order valence-electron chi connectivity index (χ4n) is 0.958. The van der Waals surface area contributed by atoms with Crippen molar-refractivity contribution in [2.75, 3.05) is 6.61 Å². The lowest BCUT2D eigenvalue weighted by molar-refractivity contribution is -0.104. The summed E-state index contributed by atoms with van der Waals surface area (Å²) in [5.41, 5.74) is 0.506. The predicted octanol–water partition coefficient (Wildman–Crippen LogP) is 1.63. The van der Waals surface area contributed by atoms with Crippen molar-refractivity contribution < 1.29 is 14.3 Å². The summed E-state index contributed by atoms with van der Waals surface area (Å²) in [4.78, 5) is 20.5. The van der Waals surface area contributed by atoms with Crippen molar-refractivity contribution in [2.45, 2.75) is 0 Å². The fraction of sp³-hybridized carbons (Fsp3) is 0.0909. The van der Waals surface area contributed by atoms with Crippen LogP contribution in [0.5, 0.6) is 5.75 Å². The van der Waals surface area contributed by atoms with Gasteiger partial charge >= 0.3 is 0 Å². The Bertz CT molecular complexity index is 342. The lowest BCUT2D eigenvalue weighted by Crippen LogP contribution is -1.96. The summed E-state index contributed by atoms with van der Waals surface area (Å²) in [6.45, 7) is 0.281. The van der Waals surface area contributed by atoms with Gasteiger partial charge in [-0.2, -0.15) is 0 Å². The standard InChI is InChI=1S/C11H10O3/c12-7-3-4-8-14-11-6-2-1-5-10(11)9-13/h1-7,9H,8H2/b4-3+. The molecule has 0 aliphatic heterocycles. The summed E-state index contributed by atoms with van der Waals surface area (Å²) in [6, 6.07) is 6.92. The maximum absolute atomic E-state index is 10.6. The molecule has 3 nitrogen and oxygen atoms in total. The van der Waals surface area contributed by atoms with Crippen molar-refractivity contribution >= 4 is 12.6 Å². The number of allylic oxidation sites excluding steroid dienone is 1. The Labute approximate surface area is 82.0 Å². The third-order valence-corrected chi connectivity index (χ3v) is 1.60. The van der Waals surface area contributed by atoms with E-state index in [2.05, 4.69) is 0 Å². The second-order valence-corrected chi connectivity index (χ2v) is 2.53. The normalized spacial score (nSPS) is 10.0. The van der Waals surface area contributed by atoms with E-state index in [1.165, 1.54) is 6.08 Å². The topological polar surface area (TPSA) is 43.4 Å². The second kappa shape index (κ2) is 5.70. The van der Waals surface area contributed by atoms with Crippen molar-refractivity contribution in [2.24, 2.45) is 0 Å². The van der Waals surface area contributed by atoms with Crippen LogP contribution in [0.3, 0.4) is 0 Å². The Balaban J connectivity index is 2.61. The Morgan fingerprint density at radius 1 is 1.21 bits per heavy atom. The van der Waals surface area contributed by atoms with E-state index in [9.17, 15) is 9.59 Å². The minimum atomic E-state index is 0.281. The number of ether oxygens (including phenoxy) is 1. The first-order valence-electron chi connectivity index (χ1n) is 4.16. The molecule has 72 valence electrons. The Hall–Kier alpha value is -1.90. The molecule has 0 aromatic heterocycles. The number of carbonyl (C=O) groups excluding carboxylic acids is 2. The molecule has 0 bridgehead atoms. The van der Waals surface area contributed by atoms with E-state index in [-0.39, 0.29) is 6.61 Å². The molecule has 0 saturated heterocycles. The van der Waals surface area contributed by atoms with Gasteiger partial charge in [-0.1, -0.05) is 12.1 Å². The van der Waals surface area contributed by atoms with Crippen LogP contribution in [-0.4, -0.2) is 19.2 Å². The highest BCUT2D eigenvalue weighted by Crippen LogP contribution is 2.15. The molecule has 0 spiro atoms. The first kappa shape index (κ1) is 10.2. The molecule has 0 saturated carbocycles. The molecule has 0 unspecified atom stereocenters. The Morgan fingerprint density at radius 2 is 2.00 bits per heavy atom. The average Bonchev–Trinajstić information content (AvgIpc) is 2.25. The summed E-state index contributed by atoms with van der Waals surface area (Å²) in [5, 5.41) is 0. The zero-order chi connectivity index (χ0) is 10.2. The second-order valence-electron chi connectivity index (χ2n) is 2.53. The molecule has 0 N–H and O–H groups in total. The van der Waals surface area contributed by atoms with Crippen LogP contribution in [-0.2, 0) is 4.79 Å². The largest absolute Gasteiger partial charge is 0.489 e. The van der Waals surface area contributed by atoms with Gasteiger partial charge in [0.25, 0.3) is 0 Å². The van der Waals surface area contributed by atoms with Gasteiger partial charge in [-0.3, -0.25) is 9.59 Å². The van der Waals surface area contributed by atoms with E-state index in [0.29, 0.717) is 17.6 Å². The highest BCUT2D eigenvalue weighted by molar-refractivity contribution is 5.79. The average molecular weight is 190 g/mol. The van der Waals surface area contributed by atoms with E-state index in [0.717, 1.165) is 6.29 Å². The van der Waals surface area contributed by atoms with Gasteiger partial charge in [0.05, 0.1) is 5.56 Å². The van der Waals surface area contributed by atoms with E-state index >= 15 is 0 Å². The number of benzene rings is 1. The van der Waals surface area contributed by atoms with Crippen molar-refractivity contribution in [3.05, 3.63) is 42.0 Å². The number of rotatable bonds is 5. The van der Waals surface area contributed by atoms with Crippen molar-refractivity contribution in [1.82, 2.24) is 0 Å². The molecule has 0 atom stereocenters. The van der Waals surface area contributed by atoms with Crippen LogP contribution in [0.25, 0.3) is 0 Å². The zero-order valence-corrected chi connectivity index (χ0v) is 7.55. The molecule has 1 rings (SSSR count). The van der Waals surface area contributed by atoms with Gasteiger partial charge in [-0.15, -0.1) is 0 Å². The first-order valence-corrected chi connectivity index (χ1v) is 4.16. The van der Waals surface area contributed by atoms with Crippen LogP contribution in [0, 0.1) is 0 Å². The molecule has 0 amide bonds. The third kappa shape index (κ3) is 2.86. The summed E-state index contributed by atoms with van der Waals surface area (Å²) in [6.07, 6.45) is 4.34. The summed E-state index contributed by atoms with van der Waals surface area (Å²) < 4.78 is 5.25. The third-order valence-electron chi connectivity index (χ3n) is 1.60. The van der Waals surface area contributed by atoms with Crippen LogP contribution >= 0.6 is 0 Å². The number of para-hydroxylation sites is 1. The monoisotopic (exact) mass is 190 g/mol. The van der Waals surface area contributed by atoms with Crippen molar-refractivity contribution in [1.29, 1.82) is 0 Å². The molecule has 0 fully saturated rings. The van der Waals surface area contributed by atoms with Crippen molar-refractivity contribution in [3.63, 3.8) is 0 Å². The number of hydrogen-bond acceptors (Lipinski definition) is 3. The maximum Gasteiger partial charge on any atom is 0.153 e. The van der Waals surface area contributed by atoms with Gasteiger partial charge in [-0.25, -0.2) is 0 Å². The van der Waals surface area contributed by atoms with E-state index < -0.39 is 0 Å². The molecule has 1 aromatic carbocycles. The Kier molecular flexibility index (Phi) is 4.14. The number of carbonyl (C=O) groups is 2. The van der Waals surface area contributed by atoms with Gasteiger partial charge in [0.1, 0.15) is 18.6 Å². The van der Waals surface area contributed by atoms with Crippen LogP contribution in [0.15, 0.2) is 36.4 Å². The highest BCUT2D eigenvalue weighted by Gasteiger charge is 1.98. The SMILES string of the molecule is O=C/C=C/COc1ccccc1C=O. The van der Waals surface area contributed by atoms with Gasteiger partial charge in [0, 0.05) is 0 Å². The minimum Gasteiger partial charge on any atom is -0.489 e. The Morgan fingerprint density at radius 3 is 2.71 bits per heavy atom. The van der Waals surface area contributed by atoms with Gasteiger partial charge < -0.3 is 4.74 Å². The molecule has 14 heavy (non-hydrogen) atoms.